The number of carbonyl (C=O) groups is 2. The summed E-state index contributed by atoms with van der Waals surface area (Å²) in [5.41, 5.74) is 0.852. The van der Waals surface area contributed by atoms with Crippen molar-refractivity contribution in [2.24, 2.45) is 0 Å². The molecule has 0 radical (unpaired) electrons. The SMILES string of the molecule is CCc1cc(C(=O)N2CCN(C(=O)COc3ccccc3)CC2)cc(=O)[nH]1. The van der Waals surface area contributed by atoms with Gasteiger partial charge in [0, 0.05) is 43.5 Å². The maximum absolute atomic E-state index is 12.7. The number of aromatic nitrogens is 1. The van der Waals surface area contributed by atoms with Crippen LogP contribution < -0.4 is 10.3 Å². The average Bonchev–Trinajstić information content (AvgIpc) is 2.71. The predicted molar refractivity (Wildman–Crippen MR) is 101 cm³/mol. The lowest BCUT2D eigenvalue weighted by atomic mass is 10.1. The number of rotatable bonds is 5. The summed E-state index contributed by atoms with van der Waals surface area (Å²) in [7, 11) is 0. The van der Waals surface area contributed by atoms with Crippen LogP contribution in [0, 0.1) is 0 Å². The zero-order valence-corrected chi connectivity index (χ0v) is 15.3. The minimum Gasteiger partial charge on any atom is -0.484 e. The number of piperazine rings is 1. The van der Waals surface area contributed by atoms with Crippen LogP contribution in [0.2, 0.25) is 0 Å². The fourth-order valence-electron chi connectivity index (χ4n) is 3.01. The molecular formula is C20H23N3O4. The Bertz CT molecular complexity index is 855. The lowest BCUT2D eigenvalue weighted by Crippen LogP contribution is -2.51. The van der Waals surface area contributed by atoms with Crippen molar-refractivity contribution in [2.45, 2.75) is 13.3 Å². The van der Waals surface area contributed by atoms with Crippen LogP contribution in [-0.4, -0.2) is 59.4 Å². The number of ether oxygens (including phenoxy) is 1. The van der Waals surface area contributed by atoms with Crippen LogP contribution in [0.25, 0.3) is 0 Å². The maximum atomic E-state index is 12.7. The molecule has 2 amide bonds. The quantitative estimate of drug-likeness (QED) is 0.861. The molecule has 2 aromatic rings. The number of carbonyl (C=O) groups excluding carboxylic acids is 2. The van der Waals surface area contributed by atoms with E-state index in [1.807, 2.05) is 25.1 Å². The van der Waals surface area contributed by atoms with E-state index in [1.165, 1.54) is 6.07 Å². The van der Waals surface area contributed by atoms with Gasteiger partial charge in [0.05, 0.1) is 0 Å². The Labute approximate surface area is 157 Å². The average molecular weight is 369 g/mol. The van der Waals surface area contributed by atoms with E-state index in [0.29, 0.717) is 43.9 Å². The van der Waals surface area contributed by atoms with E-state index in [-0.39, 0.29) is 24.0 Å². The van der Waals surface area contributed by atoms with Crippen molar-refractivity contribution in [1.29, 1.82) is 0 Å². The Morgan fingerprint density at radius 2 is 1.70 bits per heavy atom. The summed E-state index contributed by atoms with van der Waals surface area (Å²) >= 11 is 0. The minimum atomic E-state index is -0.274. The Balaban J connectivity index is 1.53. The largest absolute Gasteiger partial charge is 0.484 e. The molecular weight excluding hydrogens is 346 g/mol. The molecule has 3 rings (SSSR count). The van der Waals surface area contributed by atoms with Gasteiger partial charge < -0.3 is 19.5 Å². The van der Waals surface area contributed by atoms with E-state index in [9.17, 15) is 14.4 Å². The molecule has 1 N–H and O–H groups in total. The highest BCUT2D eigenvalue weighted by atomic mass is 16.5. The molecule has 1 saturated heterocycles. The molecule has 0 aliphatic carbocycles. The van der Waals surface area contributed by atoms with Crippen molar-refractivity contribution in [3.63, 3.8) is 0 Å². The number of para-hydroxylation sites is 1. The summed E-state index contributed by atoms with van der Waals surface area (Å²) < 4.78 is 5.49. The van der Waals surface area contributed by atoms with Gasteiger partial charge in [-0.05, 0) is 24.6 Å². The third-order valence-electron chi connectivity index (χ3n) is 4.55. The summed E-state index contributed by atoms with van der Waals surface area (Å²) in [4.78, 5) is 42.7. The molecule has 0 bridgehead atoms. The molecule has 1 aliphatic heterocycles. The Hall–Kier alpha value is -3.09. The first-order valence-electron chi connectivity index (χ1n) is 9.05. The Kier molecular flexibility index (Phi) is 5.90. The summed E-state index contributed by atoms with van der Waals surface area (Å²) in [5.74, 6) is 0.375. The minimum absolute atomic E-state index is 0.0219. The standard InChI is InChI=1S/C20H23N3O4/c1-2-16-12-15(13-18(24)21-16)20(26)23-10-8-22(9-11-23)19(25)14-27-17-6-4-3-5-7-17/h3-7,12-13H,2,8-11,14H2,1H3,(H,21,24). The van der Waals surface area contributed by atoms with Gasteiger partial charge >= 0.3 is 0 Å². The first-order chi connectivity index (χ1) is 13.1. The van der Waals surface area contributed by atoms with E-state index in [4.69, 9.17) is 4.74 Å². The molecule has 27 heavy (non-hydrogen) atoms. The van der Waals surface area contributed by atoms with Gasteiger partial charge in [-0.15, -0.1) is 0 Å². The van der Waals surface area contributed by atoms with Gasteiger partial charge in [-0.25, -0.2) is 0 Å². The van der Waals surface area contributed by atoms with Crippen molar-refractivity contribution in [3.05, 3.63) is 64.1 Å². The molecule has 7 nitrogen and oxygen atoms in total. The van der Waals surface area contributed by atoms with Gasteiger partial charge in [0.25, 0.3) is 11.8 Å². The lowest BCUT2D eigenvalue weighted by molar-refractivity contribution is -0.134. The Morgan fingerprint density at radius 1 is 1.04 bits per heavy atom. The molecule has 1 aliphatic rings. The number of hydrogen-bond acceptors (Lipinski definition) is 4. The first kappa shape index (κ1) is 18.7. The van der Waals surface area contributed by atoms with Crippen molar-refractivity contribution >= 4 is 11.8 Å². The molecule has 142 valence electrons. The number of H-pyrrole nitrogens is 1. The smallest absolute Gasteiger partial charge is 0.260 e. The summed E-state index contributed by atoms with van der Waals surface area (Å²) in [5, 5.41) is 0. The van der Waals surface area contributed by atoms with Gasteiger partial charge in [-0.2, -0.15) is 0 Å². The van der Waals surface area contributed by atoms with E-state index in [2.05, 4.69) is 4.98 Å². The molecule has 1 aromatic heterocycles. The summed E-state index contributed by atoms with van der Waals surface area (Å²) in [6, 6.07) is 12.2. The van der Waals surface area contributed by atoms with Crippen LogP contribution in [0.15, 0.2) is 47.3 Å². The highest BCUT2D eigenvalue weighted by Gasteiger charge is 2.25. The molecule has 0 saturated carbocycles. The first-order valence-corrected chi connectivity index (χ1v) is 9.05. The van der Waals surface area contributed by atoms with Crippen molar-refractivity contribution < 1.29 is 14.3 Å². The van der Waals surface area contributed by atoms with E-state index >= 15 is 0 Å². The van der Waals surface area contributed by atoms with Crippen LogP contribution in [0.5, 0.6) is 5.75 Å². The molecule has 2 heterocycles. The fourth-order valence-corrected chi connectivity index (χ4v) is 3.01. The molecule has 0 unspecified atom stereocenters. The monoisotopic (exact) mass is 369 g/mol. The van der Waals surface area contributed by atoms with Gasteiger partial charge in [0.2, 0.25) is 5.56 Å². The van der Waals surface area contributed by atoms with E-state index in [0.717, 1.165) is 5.69 Å². The lowest BCUT2D eigenvalue weighted by Gasteiger charge is -2.34. The van der Waals surface area contributed by atoms with E-state index in [1.54, 1.807) is 28.0 Å². The Morgan fingerprint density at radius 3 is 2.37 bits per heavy atom. The molecule has 0 atom stereocenters. The van der Waals surface area contributed by atoms with Crippen molar-refractivity contribution in [1.82, 2.24) is 14.8 Å². The molecule has 1 fully saturated rings. The number of pyridine rings is 1. The normalized spacial score (nSPS) is 14.1. The summed E-state index contributed by atoms with van der Waals surface area (Å²) in [6.07, 6.45) is 0.653. The van der Waals surface area contributed by atoms with Crippen LogP contribution in [-0.2, 0) is 11.2 Å². The van der Waals surface area contributed by atoms with Crippen molar-refractivity contribution in [2.75, 3.05) is 32.8 Å². The van der Waals surface area contributed by atoms with Crippen LogP contribution in [0.3, 0.4) is 0 Å². The van der Waals surface area contributed by atoms with Crippen molar-refractivity contribution in [3.8, 4) is 5.75 Å². The topological polar surface area (TPSA) is 82.7 Å². The van der Waals surface area contributed by atoms with Gasteiger partial charge in [0.15, 0.2) is 6.61 Å². The van der Waals surface area contributed by atoms with Crippen LogP contribution in [0.4, 0.5) is 0 Å². The van der Waals surface area contributed by atoms with Crippen LogP contribution >= 0.6 is 0 Å². The maximum Gasteiger partial charge on any atom is 0.260 e. The van der Waals surface area contributed by atoms with E-state index < -0.39 is 0 Å². The van der Waals surface area contributed by atoms with Gasteiger partial charge in [-0.1, -0.05) is 25.1 Å². The third-order valence-corrected chi connectivity index (χ3v) is 4.55. The van der Waals surface area contributed by atoms with Crippen LogP contribution in [0.1, 0.15) is 23.0 Å². The number of nitrogens with one attached hydrogen (secondary N) is 1. The number of benzene rings is 1. The zero-order valence-electron chi connectivity index (χ0n) is 15.3. The number of aromatic amines is 1. The molecule has 7 heteroatoms. The van der Waals surface area contributed by atoms with Gasteiger partial charge in [-0.3, -0.25) is 14.4 Å². The second-order valence-electron chi connectivity index (χ2n) is 6.39. The highest BCUT2D eigenvalue weighted by Crippen LogP contribution is 2.11. The fraction of sp³-hybridized carbons (Fsp3) is 0.350. The second-order valence-corrected chi connectivity index (χ2v) is 6.39. The zero-order chi connectivity index (χ0) is 19.2. The number of aryl methyl sites for hydroxylation is 1. The number of amides is 2. The highest BCUT2D eigenvalue weighted by molar-refractivity contribution is 5.94. The molecule has 0 spiro atoms. The second kappa shape index (κ2) is 8.53. The number of nitrogens with zero attached hydrogens (tertiary/aromatic N) is 2. The van der Waals surface area contributed by atoms with Gasteiger partial charge in [0.1, 0.15) is 5.75 Å². The predicted octanol–water partition coefficient (Wildman–Crippen LogP) is 1.30. The number of hydrogen-bond donors (Lipinski definition) is 1. The molecule has 1 aromatic carbocycles. The third kappa shape index (κ3) is 4.75. The summed E-state index contributed by atoms with van der Waals surface area (Å²) in [6.45, 7) is 3.67.